The second-order valence-electron chi connectivity index (χ2n) is 3.64. The lowest BCUT2D eigenvalue weighted by Gasteiger charge is -2.13. The SMILES string of the molecule is Cc1cccc(N)c1Nc1ccccc1Br. The molecule has 0 heterocycles. The number of anilines is 3. The van der Waals surface area contributed by atoms with Crippen molar-refractivity contribution in [2.75, 3.05) is 11.1 Å². The summed E-state index contributed by atoms with van der Waals surface area (Å²) in [5.74, 6) is 0. The van der Waals surface area contributed by atoms with Crippen LogP contribution in [0.15, 0.2) is 46.9 Å². The molecule has 2 aromatic carbocycles. The van der Waals surface area contributed by atoms with Crippen LogP contribution in [0.3, 0.4) is 0 Å². The zero-order chi connectivity index (χ0) is 11.5. The van der Waals surface area contributed by atoms with Crippen LogP contribution >= 0.6 is 15.9 Å². The number of nitrogens with one attached hydrogen (secondary N) is 1. The molecule has 3 N–H and O–H groups in total. The number of halogens is 1. The summed E-state index contributed by atoms with van der Waals surface area (Å²) in [7, 11) is 0. The minimum Gasteiger partial charge on any atom is -0.397 e. The van der Waals surface area contributed by atoms with Gasteiger partial charge in [-0.2, -0.15) is 0 Å². The van der Waals surface area contributed by atoms with Gasteiger partial charge in [-0.25, -0.2) is 0 Å². The minimum atomic E-state index is 0.760. The molecule has 0 radical (unpaired) electrons. The molecule has 0 saturated carbocycles. The van der Waals surface area contributed by atoms with Crippen LogP contribution in [0.2, 0.25) is 0 Å². The second-order valence-corrected chi connectivity index (χ2v) is 4.50. The Balaban J connectivity index is 2.38. The van der Waals surface area contributed by atoms with Crippen LogP contribution in [0.4, 0.5) is 17.1 Å². The zero-order valence-electron chi connectivity index (χ0n) is 9.00. The third-order valence-electron chi connectivity index (χ3n) is 2.44. The number of hydrogen-bond acceptors (Lipinski definition) is 2. The van der Waals surface area contributed by atoms with Gasteiger partial charge < -0.3 is 11.1 Å². The molecule has 0 saturated heterocycles. The quantitative estimate of drug-likeness (QED) is 0.811. The van der Waals surface area contributed by atoms with Gasteiger partial charge in [0.1, 0.15) is 0 Å². The number of para-hydroxylation sites is 2. The maximum absolute atomic E-state index is 5.94. The lowest BCUT2D eigenvalue weighted by Crippen LogP contribution is -1.98. The highest BCUT2D eigenvalue weighted by atomic mass is 79.9. The molecule has 0 aliphatic heterocycles. The molecule has 82 valence electrons. The van der Waals surface area contributed by atoms with Gasteiger partial charge in [-0.3, -0.25) is 0 Å². The molecule has 0 fully saturated rings. The van der Waals surface area contributed by atoms with Crippen LogP contribution in [0, 0.1) is 6.92 Å². The summed E-state index contributed by atoms with van der Waals surface area (Å²) in [6.07, 6.45) is 0. The predicted octanol–water partition coefficient (Wildman–Crippen LogP) is 4.08. The van der Waals surface area contributed by atoms with Crippen LogP contribution in [0.5, 0.6) is 0 Å². The molecule has 0 unspecified atom stereocenters. The van der Waals surface area contributed by atoms with E-state index in [9.17, 15) is 0 Å². The Kier molecular flexibility index (Phi) is 3.15. The molecule has 0 spiro atoms. The van der Waals surface area contributed by atoms with E-state index in [1.165, 1.54) is 0 Å². The summed E-state index contributed by atoms with van der Waals surface area (Å²) in [5, 5.41) is 3.34. The molecule has 3 heteroatoms. The molecule has 2 rings (SSSR count). The lowest BCUT2D eigenvalue weighted by molar-refractivity contribution is 1.42. The molecule has 2 nitrogen and oxygen atoms in total. The van der Waals surface area contributed by atoms with Crippen LogP contribution in [-0.4, -0.2) is 0 Å². The van der Waals surface area contributed by atoms with Gasteiger partial charge in [-0.05, 0) is 46.6 Å². The second kappa shape index (κ2) is 4.58. The van der Waals surface area contributed by atoms with Crippen molar-refractivity contribution in [2.24, 2.45) is 0 Å². The van der Waals surface area contributed by atoms with Crippen molar-refractivity contribution in [2.45, 2.75) is 6.92 Å². The summed E-state index contributed by atoms with van der Waals surface area (Å²) < 4.78 is 1.03. The van der Waals surface area contributed by atoms with Crippen LogP contribution in [0.25, 0.3) is 0 Å². The summed E-state index contributed by atoms with van der Waals surface area (Å²) in [4.78, 5) is 0. The molecular weight excluding hydrogens is 264 g/mol. The van der Waals surface area contributed by atoms with Crippen LogP contribution in [-0.2, 0) is 0 Å². The average molecular weight is 277 g/mol. The molecule has 0 aliphatic rings. The largest absolute Gasteiger partial charge is 0.397 e. The van der Waals surface area contributed by atoms with Crippen molar-refractivity contribution >= 4 is 33.0 Å². The maximum atomic E-state index is 5.94. The lowest BCUT2D eigenvalue weighted by atomic mass is 10.1. The third-order valence-corrected chi connectivity index (χ3v) is 3.13. The Morgan fingerprint density at radius 2 is 1.81 bits per heavy atom. The Morgan fingerprint density at radius 3 is 2.50 bits per heavy atom. The molecule has 0 amide bonds. The Morgan fingerprint density at radius 1 is 1.06 bits per heavy atom. The highest BCUT2D eigenvalue weighted by Crippen LogP contribution is 2.30. The van der Waals surface area contributed by atoms with Gasteiger partial charge in [0.25, 0.3) is 0 Å². The molecular formula is C13H13BrN2. The normalized spacial score (nSPS) is 10.1. The first-order chi connectivity index (χ1) is 7.68. The van der Waals surface area contributed by atoms with Gasteiger partial charge in [-0.1, -0.05) is 24.3 Å². The molecule has 0 bridgehead atoms. The fourth-order valence-corrected chi connectivity index (χ4v) is 1.94. The minimum absolute atomic E-state index is 0.760. The van der Waals surface area contributed by atoms with E-state index in [-0.39, 0.29) is 0 Å². The predicted molar refractivity (Wildman–Crippen MR) is 73.0 cm³/mol. The van der Waals surface area contributed by atoms with E-state index in [1.54, 1.807) is 0 Å². The van der Waals surface area contributed by atoms with E-state index in [1.807, 2.05) is 49.4 Å². The first kappa shape index (κ1) is 11.0. The number of aryl methyl sites for hydroxylation is 1. The molecule has 16 heavy (non-hydrogen) atoms. The number of nitrogen functional groups attached to an aromatic ring is 1. The molecule has 0 aliphatic carbocycles. The Labute approximate surface area is 104 Å². The zero-order valence-corrected chi connectivity index (χ0v) is 10.6. The van der Waals surface area contributed by atoms with Crippen molar-refractivity contribution in [3.05, 3.63) is 52.5 Å². The summed E-state index contributed by atoms with van der Waals surface area (Å²) in [5.41, 5.74) is 9.82. The van der Waals surface area contributed by atoms with E-state index in [4.69, 9.17) is 5.73 Å². The van der Waals surface area contributed by atoms with Crippen molar-refractivity contribution in [3.8, 4) is 0 Å². The van der Waals surface area contributed by atoms with Gasteiger partial charge in [0.05, 0.1) is 17.1 Å². The topological polar surface area (TPSA) is 38.0 Å². The summed E-state index contributed by atoms with van der Waals surface area (Å²) in [6, 6.07) is 13.9. The number of nitrogens with two attached hydrogens (primary N) is 1. The van der Waals surface area contributed by atoms with Crippen molar-refractivity contribution in [3.63, 3.8) is 0 Å². The van der Waals surface area contributed by atoms with E-state index in [0.717, 1.165) is 27.1 Å². The van der Waals surface area contributed by atoms with Crippen LogP contribution in [0.1, 0.15) is 5.56 Å². The number of hydrogen-bond donors (Lipinski definition) is 2. The van der Waals surface area contributed by atoms with Crippen molar-refractivity contribution < 1.29 is 0 Å². The van der Waals surface area contributed by atoms with Crippen molar-refractivity contribution in [1.82, 2.24) is 0 Å². The van der Waals surface area contributed by atoms with E-state index < -0.39 is 0 Å². The summed E-state index contributed by atoms with van der Waals surface area (Å²) >= 11 is 3.50. The van der Waals surface area contributed by atoms with Crippen molar-refractivity contribution in [1.29, 1.82) is 0 Å². The Bertz CT molecular complexity index is 489. The monoisotopic (exact) mass is 276 g/mol. The van der Waals surface area contributed by atoms with Crippen LogP contribution < -0.4 is 11.1 Å². The maximum Gasteiger partial charge on any atom is 0.0647 e. The van der Waals surface area contributed by atoms with Gasteiger partial charge in [-0.15, -0.1) is 0 Å². The number of benzene rings is 2. The van der Waals surface area contributed by atoms with Gasteiger partial charge in [0.2, 0.25) is 0 Å². The fraction of sp³-hybridized carbons (Fsp3) is 0.0769. The first-order valence-electron chi connectivity index (χ1n) is 5.05. The van der Waals surface area contributed by atoms with Gasteiger partial charge in [0, 0.05) is 4.47 Å². The first-order valence-corrected chi connectivity index (χ1v) is 5.84. The van der Waals surface area contributed by atoms with E-state index >= 15 is 0 Å². The van der Waals surface area contributed by atoms with E-state index in [2.05, 4.69) is 21.2 Å². The number of rotatable bonds is 2. The smallest absolute Gasteiger partial charge is 0.0647 e. The molecule has 0 atom stereocenters. The highest BCUT2D eigenvalue weighted by Gasteiger charge is 2.04. The third kappa shape index (κ3) is 2.19. The van der Waals surface area contributed by atoms with E-state index in [0.29, 0.717) is 0 Å². The fourth-order valence-electron chi connectivity index (χ4n) is 1.56. The average Bonchev–Trinajstić information content (AvgIpc) is 2.26. The molecule has 2 aromatic rings. The van der Waals surface area contributed by atoms with Gasteiger partial charge >= 0.3 is 0 Å². The summed E-state index contributed by atoms with van der Waals surface area (Å²) in [6.45, 7) is 2.04. The molecule has 0 aromatic heterocycles. The Hall–Kier alpha value is -1.48. The standard InChI is InChI=1S/C13H13BrN2/c1-9-5-4-7-11(15)13(9)16-12-8-3-2-6-10(12)14/h2-8,16H,15H2,1H3. The van der Waals surface area contributed by atoms with Gasteiger partial charge in [0.15, 0.2) is 0 Å². The highest BCUT2D eigenvalue weighted by molar-refractivity contribution is 9.10.